The molecule has 2 aromatic rings. The van der Waals surface area contributed by atoms with Crippen LogP contribution in [0.25, 0.3) is 11.0 Å². The summed E-state index contributed by atoms with van der Waals surface area (Å²) in [5.74, 6) is 0.0416. The molecule has 0 spiro atoms. The number of hydrogen-bond acceptors (Lipinski definition) is 5. The van der Waals surface area contributed by atoms with Gasteiger partial charge in [-0.25, -0.2) is 9.78 Å². The van der Waals surface area contributed by atoms with Gasteiger partial charge in [-0.15, -0.1) is 0 Å². The Morgan fingerprint density at radius 3 is 2.79 bits per heavy atom. The minimum atomic E-state index is -0.550. The van der Waals surface area contributed by atoms with E-state index in [1.165, 1.54) is 4.57 Å². The topological polar surface area (TPSA) is 109 Å². The molecule has 1 aliphatic heterocycles. The molecule has 2 fully saturated rings. The van der Waals surface area contributed by atoms with Crippen LogP contribution < -0.4 is 21.9 Å². The Kier molecular flexibility index (Phi) is 5.05. The number of nitrogens with one attached hydrogen (secondary N) is 3. The smallest absolute Gasteiger partial charge is 0.329 e. The largest absolute Gasteiger partial charge is 0.349 e. The number of hydrogen-bond donors (Lipinski definition) is 3. The molecule has 3 N–H and O–H groups in total. The highest BCUT2D eigenvalue weighted by Crippen LogP contribution is 2.39. The van der Waals surface area contributed by atoms with Crippen LogP contribution in [-0.2, 0) is 6.54 Å². The van der Waals surface area contributed by atoms with Crippen molar-refractivity contribution in [3.63, 3.8) is 0 Å². The number of nitrogens with zero attached hydrogens (tertiary/aromatic N) is 2. The van der Waals surface area contributed by atoms with Gasteiger partial charge in [-0.2, -0.15) is 0 Å². The van der Waals surface area contributed by atoms with Crippen LogP contribution in [0.3, 0.4) is 0 Å². The molecule has 1 amide bonds. The van der Waals surface area contributed by atoms with Crippen LogP contribution in [0, 0.1) is 0 Å². The average Bonchev–Trinajstić information content (AvgIpc) is 3.49. The zero-order valence-corrected chi connectivity index (χ0v) is 16.4. The second kappa shape index (κ2) is 7.50. The predicted octanol–water partition coefficient (Wildman–Crippen LogP) is 1.24. The third-order valence-electron chi connectivity index (χ3n) is 5.61. The minimum absolute atomic E-state index is 0.0666. The summed E-state index contributed by atoms with van der Waals surface area (Å²) >= 11 is 0. The second-order valence-corrected chi connectivity index (χ2v) is 8.03. The highest BCUT2D eigenvalue weighted by atomic mass is 16.2. The molecule has 0 radical (unpaired) electrons. The van der Waals surface area contributed by atoms with Crippen molar-refractivity contribution in [2.45, 2.75) is 70.5 Å². The quantitative estimate of drug-likeness (QED) is 0.718. The van der Waals surface area contributed by atoms with Gasteiger partial charge in [0.05, 0.1) is 10.9 Å². The van der Waals surface area contributed by atoms with Crippen LogP contribution in [0.15, 0.2) is 15.7 Å². The first-order valence-electron chi connectivity index (χ1n) is 10.2. The molecule has 8 nitrogen and oxygen atoms in total. The monoisotopic (exact) mass is 385 g/mol. The number of pyridine rings is 1. The number of H-pyrrole nitrogens is 1. The third kappa shape index (κ3) is 3.61. The Labute approximate surface area is 162 Å². The molecule has 150 valence electrons. The van der Waals surface area contributed by atoms with E-state index >= 15 is 0 Å². The van der Waals surface area contributed by atoms with Gasteiger partial charge in [0.25, 0.3) is 11.5 Å². The highest BCUT2D eigenvalue weighted by Gasteiger charge is 2.29. The maximum absolute atomic E-state index is 13.1. The molecule has 0 aromatic carbocycles. The fraction of sp³-hybridized carbons (Fsp3) is 0.600. The summed E-state index contributed by atoms with van der Waals surface area (Å²) in [5.41, 5.74) is 0.420. The van der Waals surface area contributed by atoms with Crippen LogP contribution in [0.2, 0.25) is 0 Å². The van der Waals surface area contributed by atoms with E-state index in [9.17, 15) is 14.4 Å². The summed E-state index contributed by atoms with van der Waals surface area (Å²) in [5, 5.41) is 6.67. The van der Waals surface area contributed by atoms with Crippen LogP contribution in [0.4, 0.5) is 0 Å². The van der Waals surface area contributed by atoms with E-state index in [-0.39, 0.29) is 17.3 Å². The van der Waals surface area contributed by atoms with Crippen LogP contribution in [-0.4, -0.2) is 39.1 Å². The van der Waals surface area contributed by atoms with Crippen molar-refractivity contribution < 1.29 is 4.79 Å². The van der Waals surface area contributed by atoms with Crippen LogP contribution in [0.1, 0.15) is 67.9 Å². The van der Waals surface area contributed by atoms with Crippen molar-refractivity contribution >= 4 is 16.9 Å². The first-order chi connectivity index (χ1) is 13.5. The Morgan fingerprint density at radius 1 is 1.32 bits per heavy atom. The number of amides is 1. The van der Waals surface area contributed by atoms with E-state index < -0.39 is 11.2 Å². The number of aryl methyl sites for hydroxylation is 1. The van der Waals surface area contributed by atoms with Crippen molar-refractivity contribution in [2.75, 3.05) is 6.54 Å². The molecule has 2 unspecified atom stereocenters. The summed E-state index contributed by atoms with van der Waals surface area (Å²) in [6.07, 6.45) is 4.47. The molecule has 1 aliphatic carbocycles. The lowest BCUT2D eigenvalue weighted by molar-refractivity contribution is 0.0927. The summed E-state index contributed by atoms with van der Waals surface area (Å²) < 4.78 is 1.48. The minimum Gasteiger partial charge on any atom is -0.349 e. The molecule has 2 aromatic heterocycles. The lowest BCUT2D eigenvalue weighted by Crippen LogP contribution is -2.46. The first kappa shape index (κ1) is 18.9. The van der Waals surface area contributed by atoms with Gasteiger partial charge in [0, 0.05) is 30.2 Å². The van der Waals surface area contributed by atoms with Crippen molar-refractivity contribution in [1.82, 2.24) is 25.2 Å². The Hall–Kier alpha value is -2.48. The van der Waals surface area contributed by atoms with Crippen molar-refractivity contribution in [3.8, 4) is 0 Å². The molecule has 2 atom stereocenters. The van der Waals surface area contributed by atoms with E-state index in [0.717, 1.165) is 44.3 Å². The summed E-state index contributed by atoms with van der Waals surface area (Å²) in [6, 6.07) is 2.15. The zero-order valence-electron chi connectivity index (χ0n) is 16.4. The lowest BCUT2D eigenvalue weighted by atomic mass is 10.00. The third-order valence-corrected chi connectivity index (χ3v) is 5.61. The van der Waals surface area contributed by atoms with Crippen molar-refractivity contribution in [3.05, 3.63) is 38.2 Å². The van der Waals surface area contributed by atoms with E-state index in [1.807, 2.05) is 6.92 Å². The van der Waals surface area contributed by atoms with Gasteiger partial charge < -0.3 is 10.6 Å². The van der Waals surface area contributed by atoms with E-state index in [1.54, 1.807) is 6.07 Å². The van der Waals surface area contributed by atoms with E-state index in [0.29, 0.717) is 29.7 Å². The van der Waals surface area contributed by atoms with Gasteiger partial charge in [-0.05, 0) is 51.6 Å². The lowest BCUT2D eigenvalue weighted by Gasteiger charge is -2.28. The zero-order chi connectivity index (χ0) is 19.8. The fourth-order valence-electron chi connectivity index (χ4n) is 4.02. The van der Waals surface area contributed by atoms with Gasteiger partial charge in [-0.1, -0.05) is 6.92 Å². The van der Waals surface area contributed by atoms with Crippen molar-refractivity contribution in [2.24, 2.45) is 0 Å². The van der Waals surface area contributed by atoms with Gasteiger partial charge in [0.2, 0.25) is 0 Å². The summed E-state index contributed by atoms with van der Waals surface area (Å²) in [7, 11) is 0. The molecule has 3 heterocycles. The number of carbonyl (C=O) groups excluding carboxylic acids is 1. The second-order valence-electron chi connectivity index (χ2n) is 8.03. The molecule has 1 saturated heterocycles. The number of piperidine rings is 1. The maximum atomic E-state index is 13.1. The normalized spacial score (nSPS) is 22.4. The molecule has 28 heavy (non-hydrogen) atoms. The maximum Gasteiger partial charge on any atom is 0.329 e. The molecule has 0 bridgehead atoms. The van der Waals surface area contributed by atoms with Crippen molar-refractivity contribution in [1.29, 1.82) is 0 Å². The van der Waals surface area contributed by atoms with E-state index in [4.69, 9.17) is 0 Å². The average molecular weight is 385 g/mol. The number of carbonyl (C=O) groups is 1. The van der Waals surface area contributed by atoms with E-state index in [2.05, 4.69) is 27.5 Å². The number of rotatable bonds is 5. The Balaban J connectivity index is 1.82. The number of aromatic nitrogens is 3. The highest BCUT2D eigenvalue weighted by molar-refractivity contribution is 6.05. The Morgan fingerprint density at radius 2 is 2.11 bits per heavy atom. The molecular weight excluding hydrogens is 358 g/mol. The van der Waals surface area contributed by atoms with Crippen LogP contribution in [0.5, 0.6) is 0 Å². The molecular formula is C20H27N5O3. The Bertz CT molecular complexity index is 1020. The fourth-order valence-corrected chi connectivity index (χ4v) is 4.02. The van der Waals surface area contributed by atoms with Crippen LogP contribution >= 0.6 is 0 Å². The molecule has 8 heteroatoms. The van der Waals surface area contributed by atoms with Gasteiger partial charge in [0.15, 0.2) is 5.65 Å². The molecule has 4 rings (SSSR count). The SMILES string of the molecule is CCCn1c(=O)[nH]c(=O)c2c(C(=O)NC3CCNC(C)C3)cc(C3CC3)nc21. The molecule has 1 saturated carbocycles. The van der Waals surface area contributed by atoms with Gasteiger partial charge in [-0.3, -0.25) is 19.1 Å². The first-order valence-corrected chi connectivity index (χ1v) is 10.2. The number of aromatic amines is 1. The van der Waals surface area contributed by atoms with Gasteiger partial charge >= 0.3 is 5.69 Å². The summed E-state index contributed by atoms with van der Waals surface area (Å²) in [6.45, 7) is 5.35. The van der Waals surface area contributed by atoms with Gasteiger partial charge in [0.1, 0.15) is 0 Å². The standard InChI is InChI=1S/C20H27N5O3/c1-3-8-25-17-16(19(27)24-20(25)28)14(10-15(23-17)12-4-5-12)18(26)22-13-6-7-21-11(2)9-13/h10-13,21H,3-9H2,1-2H3,(H,22,26)(H,24,27,28). The predicted molar refractivity (Wildman–Crippen MR) is 107 cm³/mol. The summed E-state index contributed by atoms with van der Waals surface area (Å²) in [4.78, 5) is 45.1. The number of fused-ring (bicyclic) bond motifs is 1. The molecule has 2 aliphatic rings.